The number of hydrogen-bond acceptors (Lipinski definition) is 4. The van der Waals surface area contributed by atoms with Crippen molar-refractivity contribution in [3.63, 3.8) is 0 Å². The van der Waals surface area contributed by atoms with E-state index in [-0.39, 0.29) is 10.7 Å². The van der Waals surface area contributed by atoms with Crippen LogP contribution in [-0.4, -0.2) is 14.7 Å². The molecule has 0 saturated carbocycles. The number of nitrogens with two attached hydrogens (primary N) is 1. The topological polar surface area (TPSA) is 87.0 Å². The van der Waals surface area contributed by atoms with Crippen LogP contribution in [0.25, 0.3) is 5.69 Å². The van der Waals surface area contributed by atoms with Gasteiger partial charge in [-0.1, -0.05) is 11.6 Å². The van der Waals surface area contributed by atoms with Crippen LogP contribution < -0.4 is 5.73 Å². The quantitative estimate of drug-likeness (QED) is 0.656. The first kappa shape index (κ1) is 11.4. The Morgan fingerprint density at radius 1 is 1.53 bits per heavy atom. The molecule has 2 rings (SSSR count). The molecule has 0 spiro atoms. The lowest BCUT2D eigenvalue weighted by atomic mass is 10.3. The molecular weight excluding hydrogens is 244 g/mol. The van der Waals surface area contributed by atoms with Gasteiger partial charge in [-0.2, -0.15) is 5.10 Å². The zero-order chi connectivity index (χ0) is 12.6. The zero-order valence-electron chi connectivity index (χ0n) is 8.92. The van der Waals surface area contributed by atoms with Gasteiger partial charge < -0.3 is 5.73 Å². The van der Waals surface area contributed by atoms with Gasteiger partial charge in [0.05, 0.1) is 28.2 Å². The molecule has 0 unspecified atom stereocenters. The van der Waals surface area contributed by atoms with E-state index in [9.17, 15) is 10.1 Å². The highest BCUT2D eigenvalue weighted by molar-refractivity contribution is 6.32. The Hall–Kier alpha value is -2.08. The number of nitrogen functional groups attached to an aromatic ring is 1. The summed E-state index contributed by atoms with van der Waals surface area (Å²) in [5.74, 6) is 0. The van der Waals surface area contributed by atoms with Gasteiger partial charge in [0, 0.05) is 6.07 Å². The Morgan fingerprint density at radius 3 is 2.76 bits per heavy atom. The van der Waals surface area contributed by atoms with Crippen LogP contribution >= 0.6 is 11.6 Å². The summed E-state index contributed by atoms with van der Waals surface area (Å²) in [6.45, 7) is 1.76. The molecule has 0 aliphatic carbocycles. The summed E-state index contributed by atoms with van der Waals surface area (Å²) >= 11 is 5.72. The fraction of sp³-hybridized carbons (Fsp3) is 0.100. The summed E-state index contributed by atoms with van der Waals surface area (Å²) in [5, 5.41) is 15.0. The van der Waals surface area contributed by atoms with Crippen LogP contribution in [0.2, 0.25) is 5.02 Å². The van der Waals surface area contributed by atoms with Crippen molar-refractivity contribution in [2.75, 3.05) is 5.73 Å². The molecule has 0 atom stereocenters. The number of nitro groups is 1. The van der Waals surface area contributed by atoms with E-state index in [1.165, 1.54) is 16.8 Å². The summed E-state index contributed by atoms with van der Waals surface area (Å²) in [6, 6.07) is 4.46. The van der Waals surface area contributed by atoms with Gasteiger partial charge in [0.2, 0.25) is 0 Å². The summed E-state index contributed by atoms with van der Waals surface area (Å²) in [5.41, 5.74) is 7.25. The van der Waals surface area contributed by atoms with Crippen LogP contribution in [-0.2, 0) is 0 Å². The molecule has 1 heterocycles. The summed E-state index contributed by atoms with van der Waals surface area (Å²) in [6.07, 6.45) is 1.60. The van der Waals surface area contributed by atoms with Crippen LogP contribution in [0.3, 0.4) is 0 Å². The molecule has 0 aliphatic heterocycles. The van der Waals surface area contributed by atoms with Gasteiger partial charge in [0.15, 0.2) is 0 Å². The van der Waals surface area contributed by atoms with E-state index in [0.29, 0.717) is 17.1 Å². The van der Waals surface area contributed by atoms with E-state index < -0.39 is 4.92 Å². The largest absolute Gasteiger partial charge is 0.396 e. The van der Waals surface area contributed by atoms with Crippen molar-refractivity contribution in [2.24, 2.45) is 0 Å². The van der Waals surface area contributed by atoms with E-state index >= 15 is 0 Å². The van der Waals surface area contributed by atoms with Crippen LogP contribution in [0.15, 0.2) is 24.4 Å². The maximum absolute atomic E-state index is 10.7. The first-order valence-corrected chi connectivity index (χ1v) is 5.13. The Morgan fingerprint density at radius 2 is 2.24 bits per heavy atom. The number of benzene rings is 1. The second-order valence-electron chi connectivity index (χ2n) is 3.51. The Balaban J connectivity index is 2.53. The van der Waals surface area contributed by atoms with Crippen molar-refractivity contribution in [3.8, 4) is 5.69 Å². The van der Waals surface area contributed by atoms with Crippen LogP contribution in [0.5, 0.6) is 0 Å². The normalized spacial score (nSPS) is 10.5. The molecule has 0 radical (unpaired) electrons. The van der Waals surface area contributed by atoms with Crippen molar-refractivity contribution in [2.45, 2.75) is 6.92 Å². The van der Waals surface area contributed by atoms with Gasteiger partial charge in [-0.15, -0.1) is 0 Å². The number of nitro benzene ring substituents is 1. The summed E-state index contributed by atoms with van der Waals surface area (Å²) < 4.78 is 1.48. The molecule has 1 aromatic heterocycles. The van der Waals surface area contributed by atoms with Gasteiger partial charge in [-0.3, -0.25) is 10.1 Å². The molecule has 1 aromatic carbocycles. The van der Waals surface area contributed by atoms with Crippen molar-refractivity contribution >= 4 is 23.0 Å². The van der Waals surface area contributed by atoms with Gasteiger partial charge in [-0.05, 0) is 19.1 Å². The summed E-state index contributed by atoms with van der Waals surface area (Å²) in [7, 11) is 0. The highest BCUT2D eigenvalue weighted by atomic mass is 35.5. The fourth-order valence-electron chi connectivity index (χ4n) is 1.39. The van der Waals surface area contributed by atoms with Crippen LogP contribution in [0.4, 0.5) is 11.4 Å². The SMILES string of the molecule is Cc1nn(-c2ccc(Cl)c([N+](=O)[O-])c2)cc1N. The maximum Gasteiger partial charge on any atom is 0.290 e. The lowest BCUT2D eigenvalue weighted by Gasteiger charge is -2.01. The predicted octanol–water partition coefficient (Wildman–Crippen LogP) is 2.32. The number of aryl methyl sites for hydroxylation is 1. The van der Waals surface area contributed by atoms with E-state index in [0.717, 1.165) is 0 Å². The lowest BCUT2D eigenvalue weighted by molar-refractivity contribution is -0.384. The third kappa shape index (κ3) is 2.07. The Labute approximate surface area is 102 Å². The number of anilines is 1. The third-order valence-electron chi connectivity index (χ3n) is 2.33. The number of aromatic nitrogens is 2. The molecule has 0 saturated heterocycles. The standard InChI is InChI=1S/C10H9ClN4O2/c1-6-9(12)5-14(13-6)7-2-3-8(11)10(4-7)15(16)17/h2-5H,12H2,1H3. The first-order chi connectivity index (χ1) is 7.99. The molecule has 0 amide bonds. The monoisotopic (exact) mass is 252 g/mol. The third-order valence-corrected chi connectivity index (χ3v) is 2.65. The van der Waals surface area contributed by atoms with Gasteiger partial charge in [-0.25, -0.2) is 4.68 Å². The molecule has 2 aromatic rings. The van der Waals surface area contributed by atoms with E-state index in [2.05, 4.69) is 5.10 Å². The minimum Gasteiger partial charge on any atom is -0.396 e. The second kappa shape index (κ2) is 4.06. The average molecular weight is 253 g/mol. The number of halogens is 1. The predicted molar refractivity (Wildman–Crippen MR) is 64.4 cm³/mol. The van der Waals surface area contributed by atoms with E-state index in [4.69, 9.17) is 17.3 Å². The average Bonchev–Trinajstić information content (AvgIpc) is 2.59. The minimum absolute atomic E-state index is 0.0931. The van der Waals surface area contributed by atoms with Gasteiger partial charge >= 0.3 is 0 Å². The lowest BCUT2D eigenvalue weighted by Crippen LogP contribution is -1.97. The van der Waals surface area contributed by atoms with Crippen LogP contribution in [0, 0.1) is 17.0 Å². The van der Waals surface area contributed by atoms with Crippen molar-refractivity contribution in [1.29, 1.82) is 0 Å². The number of rotatable bonds is 2. The van der Waals surface area contributed by atoms with Crippen molar-refractivity contribution in [3.05, 3.63) is 45.2 Å². The Bertz CT molecular complexity index is 574. The second-order valence-corrected chi connectivity index (χ2v) is 3.91. The number of hydrogen-bond donors (Lipinski definition) is 1. The summed E-state index contributed by atoms with van der Waals surface area (Å²) in [4.78, 5) is 10.2. The number of nitrogens with zero attached hydrogens (tertiary/aromatic N) is 3. The van der Waals surface area contributed by atoms with Crippen LogP contribution in [0.1, 0.15) is 5.69 Å². The van der Waals surface area contributed by atoms with Crippen molar-refractivity contribution in [1.82, 2.24) is 9.78 Å². The molecule has 0 fully saturated rings. The molecule has 0 aliphatic rings. The smallest absolute Gasteiger partial charge is 0.290 e. The molecular formula is C10H9ClN4O2. The van der Waals surface area contributed by atoms with Crippen molar-refractivity contribution < 1.29 is 4.92 Å². The fourth-order valence-corrected chi connectivity index (χ4v) is 1.58. The van der Waals surface area contributed by atoms with E-state index in [1.54, 1.807) is 19.2 Å². The molecule has 88 valence electrons. The molecule has 0 bridgehead atoms. The highest BCUT2D eigenvalue weighted by Gasteiger charge is 2.14. The maximum atomic E-state index is 10.7. The van der Waals surface area contributed by atoms with Gasteiger partial charge in [0.25, 0.3) is 5.69 Å². The first-order valence-electron chi connectivity index (χ1n) is 4.75. The molecule has 17 heavy (non-hydrogen) atoms. The van der Waals surface area contributed by atoms with E-state index in [1.807, 2.05) is 0 Å². The zero-order valence-corrected chi connectivity index (χ0v) is 9.68. The molecule has 2 N–H and O–H groups in total. The Kier molecular flexibility index (Phi) is 2.72. The molecule has 7 heteroatoms. The molecule has 6 nitrogen and oxygen atoms in total. The highest BCUT2D eigenvalue weighted by Crippen LogP contribution is 2.27. The minimum atomic E-state index is -0.536. The van der Waals surface area contributed by atoms with Gasteiger partial charge in [0.1, 0.15) is 5.02 Å².